The van der Waals surface area contributed by atoms with Gasteiger partial charge >= 0.3 is 12.3 Å². The minimum absolute atomic E-state index is 0. The van der Waals surface area contributed by atoms with Gasteiger partial charge < -0.3 is 14.2 Å². The molecule has 1 N–H and O–H groups in total. The molecule has 2 aliphatic heterocycles. The Hall–Kier alpha value is -4.00. The lowest BCUT2D eigenvalue weighted by atomic mass is 10.0. The second-order valence-electron chi connectivity index (χ2n) is 14.3. The number of carbonyl (C=O) groups is 1. The highest BCUT2D eigenvalue weighted by molar-refractivity contribution is 7.91. The number of hydrogen-bond acceptors (Lipinski definition) is 11. The molecule has 1 unspecified atom stereocenters. The summed E-state index contributed by atoms with van der Waals surface area (Å²) in [6.45, 7) is 5.35. The average Bonchev–Trinajstić information content (AvgIpc) is 3.81. The van der Waals surface area contributed by atoms with Crippen LogP contribution in [0.15, 0.2) is 46.2 Å². The van der Waals surface area contributed by atoms with Crippen LogP contribution in [-0.2, 0) is 36.4 Å². The minimum atomic E-state index is -4.25. The lowest BCUT2D eigenvalue weighted by Gasteiger charge is -2.33. The monoisotopic (exact) mass is 766 g/mol. The number of sulfonamides is 1. The molecule has 52 heavy (non-hydrogen) atoms. The van der Waals surface area contributed by atoms with Gasteiger partial charge in [0.2, 0.25) is 10.0 Å². The van der Waals surface area contributed by atoms with Gasteiger partial charge in [0.25, 0.3) is 11.5 Å². The Labute approximate surface area is 304 Å². The van der Waals surface area contributed by atoms with Crippen molar-refractivity contribution in [3.63, 3.8) is 0 Å². The number of alkyl halides is 2. The normalized spacial score (nSPS) is 20.1. The zero-order valence-corrected chi connectivity index (χ0v) is 31.3. The van der Waals surface area contributed by atoms with Crippen molar-refractivity contribution < 1.29 is 37.6 Å². The van der Waals surface area contributed by atoms with Crippen LogP contribution in [0.4, 0.5) is 8.78 Å². The molecule has 2 fully saturated rings. The first-order valence-corrected chi connectivity index (χ1v) is 19.3. The molecule has 0 aliphatic carbocycles. The molecule has 18 heteroatoms. The van der Waals surface area contributed by atoms with Crippen LogP contribution in [-0.4, -0.2) is 68.1 Å². The summed E-state index contributed by atoms with van der Waals surface area (Å²) in [5.41, 5.74) is -3.17. The summed E-state index contributed by atoms with van der Waals surface area (Å²) in [7, 11) is -4.25. The van der Waals surface area contributed by atoms with E-state index in [1.54, 1.807) is 32.0 Å². The molecule has 0 saturated carbocycles. The van der Waals surface area contributed by atoms with Crippen LogP contribution >= 0.6 is 11.3 Å². The summed E-state index contributed by atoms with van der Waals surface area (Å²) in [6.07, 6.45) is 4.47. The molecule has 4 atom stereocenters. The van der Waals surface area contributed by atoms with E-state index in [0.29, 0.717) is 23.4 Å². The number of nitrogens with zero attached hydrogens (tertiary/aromatic N) is 5. The summed E-state index contributed by atoms with van der Waals surface area (Å²) in [4.78, 5) is 44.5. The molecule has 1 amide bonds. The molecule has 0 spiro atoms. The number of para-hydroxylation sites is 1. The molecule has 3 aromatic heterocycles. The summed E-state index contributed by atoms with van der Waals surface area (Å²) < 4.78 is 74.2. The van der Waals surface area contributed by atoms with Gasteiger partial charge in [0.15, 0.2) is 0 Å². The first-order chi connectivity index (χ1) is 24.4. The Balaban J connectivity index is 0.00000541. The van der Waals surface area contributed by atoms with E-state index < -0.39 is 50.2 Å². The van der Waals surface area contributed by atoms with Gasteiger partial charge in [-0.3, -0.25) is 18.9 Å². The topological polar surface area (TPSA) is 166 Å². The molecule has 2 saturated heterocycles. The molecule has 284 valence electrons. The number of benzene rings is 1. The van der Waals surface area contributed by atoms with E-state index in [4.69, 9.17) is 14.2 Å². The van der Waals surface area contributed by atoms with Crippen LogP contribution in [0.3, 0.4) is 0 Å². The molecule has 0 radical (unpaired) electrons. The van der Waals surface area contributed by atoms with Crippen LogP contribution < -0.4 is 20.7 Å². The maximum Gasteiger partial charge on any atom is 0.387 e. The van der Waals surface area contributed by atoms with Crippen LogP contribution in [0.5, 0.6) is 5.75 Å². The fourth-order valence-corrected chi connectivity index (χ4v) is 9.03. The van der Waals surface area contributed by atoms with Gasteiger partial charge in [0.1, 0.15) is 27.2 Å². The highest BCUT2D eigenvalue weighted by atomic mass is 32.2. The standard InChI is InChI=1S/C34H42F2N6O8S2.H2/c1-7-33(3,4)52(46,47)39-30(44)34(5,6)41-27(43)26-19(2)28(42-37-14-15-38-42)51-29(26)40(32(41)45)18-25(23-10-8-9-11-24(23)50-31(35)36)49-22-16-20-12-13-21(17-22)48-20;/h8-11,14-15,20-22,25,31H,7,12-13,16-18H2,1-6H3,(H,39,44);1H/t20-,21+,22?,25-;/m0./s1. The Morgan fingerprint density at radius 2 is 1.75 bits per heavy atom. The molecular weight excluding hydrogens is 723 g/mol. The fraction of sp³-hybridized carbons (Fsp3) is 0.559. The van der Waals surface area contributed by atoms with E-state index in [1.807, 2.05) is 0 Å². The molecule has 1 aromatic carbocycles. The van der Waals surface area contributed by atoms with Crippen molar-refractivity contribution in [3.8, 4) is 10.8 Å². The third-order valence-corrected chi connectivity index (χ3v) is 13.6. The Kier molecular flexibility index (Phi) is 10.2. The van der Waals surface area contributed by atoms with Crippen molar-refractivity contribution in [1.82, 2.24) is 28.9 Å². The third kappa shape index (κ3) is 6.92. The molecular formula is C34H44F2N6O8S2. The number of rotatable bonds is 13. The van der Waals surface area contributed by atoms with Crippen molar-refractivity contribution in [3.05, 3.63) is 68.6 Å². The highest BCUT2D eigenvalue weighted by Gasteiger charge is 2.42. The molecule has 2 bridgehead atoms. The van der Waals surface area contributed by atoms with Gasteiger partial charge in [-0.1, -0.05) is 36.5 Å². The van der Waals surface area contributed by atoms with Crippen LogP contribution in [0.25, 0.3) is 15.2 Å². The van der Waals surface area contributed by atoms with Crippen molar-refractivity contribution in [2.45, 2.75) is 122 Å². The minimum Gasteiger partial charge on any atom is -0.434 e. The number of carbonyl (C=O) groups excluding carboxylic acids is 1. The molecule has 2 aliphatic rings. The largest absolute Gasteiger partial charge is 0.434 e. The number of aryl methyl sites for hydroxylation is 1. The van der Waals surface area contributed by atoms with Crippen LogP contribution in [0, 0.1) is 6.92 Å². The summed E-state index contributed by atoms with van der Waals surface area (Å²) in [5, 5.41) is 8.89. The number of ether oxygens (including phenoxy) is 3. The quantitative estimate of drug-likeness (QED) is 0.200. The lowest BCUT2D eigenvalue weighted by molar-refractivity contribution is -0.126. The summed E-state index contributed by atoms with van der Waals surface area (Å²) in [6, 6.07) is 6.14. The molecule has 14 nitrogen and oxygen atoms in total. The smallest absolute Gasteiger partial charge is 0.387 e. The predicted molar refractivity (Wildman–Crippen MR) is 191 cm³/mol. The van der Waals surface area contributed by atoms with E-state index in [0.717, 1.165) is 28.7 Å². The van der Waals surface area contributed by atoms with Crippen molar-refractivity contribution in [2.75, 3.05) is 0 Å². The first kappa shape index (κ1) is 37.7. The number of amides is 1. The van der Waals surface area contributed by atoms with E-state index in [1.165, 1.54) is 55.5 Å². The SMILES string of the molecule is CCC(C)(C)S(=O)(=O)NC(=O)C(C)(C)n1c(=O)c2c(C)c(-n3nccn3)sc2n(C[C@H](OC2C[C@H]3CC[C@@H](C2)O3)c2ccccc2OC(F)F)c1=O.[HH]. The summed E-state index contributed by atoms with van der Waals surface area (Å²) >= 11 is 1.05. The summed E-state index contributed by atoms with van der Waals surface area (Å²) in [5.74, 6) is -1.25. The van der Waals surface area contributed by atoms with E-state index in [-0.39, 0.29) is 54.2 Å². The van der Waals surface area contributed by atoms with Crippen molar-refractivity contribution >= 4 is 37.5 Å². The van der Waals surface area contributed by atoms with Gasteiger partial charge in [0, 0.05) is 12.6 Å². The Bertz CT molecular complexity index is 2190. The third-order valence-electron chi connectivity index (χ3n) is 10.1. The molecule has 4 aromatic rings. The molecule has 6 rings (SSSR count). The van der Waals surface area contributed by atoms with E-state index >= 15 is 0 Å². The number of thiophene rings is 1. The zero-order valence-electron chi connectivity index (χ0n) is 29.7. The predicted octanol–water partition coefficient (Wildman–Crippen LogP) is 4.80. The van der Waals surface area contributed by atoms with E-state index in [9.17, 15) is 31.6 Å². The maximum atomic E-state index is 14.8. The molecule has 5 heterocycles. The van der Waals surface area contributed by atoms with Gasteiger partial charge in [-0.25, -0.2) is 17.8 Å². The van der Waals surface area contributed by atoms with Crippen molar-refractivity contribution in [2.24, 2.45) is 0 Å². The van der Waals surface area contributed by atoms with Crippen molar-refractivity contribution in [1.29, 1.82) is 0 Å². The number of aromatic nitrogens is 5. The number of hydrogen-bond donors (Lipinski definition) is 1. The Morgan fingerprint density at radius 3 is 2.37 bits per heavy atom. The zero-order chi connectivity index (χ0) is 37.7. The number of halogens is 2. The van der Waals surface area contributed by atoms with Crippen LogP contribution in [0.2, 0.25) is 0 Å². The number of nitrogens with one attached hydrogen (secondary N) is 1. The van der Waals surface area contributed by atoms with Gasteiger partial charge in [-0.15, -0.1) is 4.80 Å². The van der Waals surface area contributed by atoms with Gasteiger partial charge in [0.05, 0.1) is 47.4 Å². The second kappa shape index (κ2) is 14.1. The van der Waals surface area contributed by atoms with Gasteiger partial charge in [-0.05, 0) is 72.8 Å². The first-order valence-electron chi connectivity index (χ1n) is 17.0. The maximum absolute atomic E-state index is 14.8. The highest BCUT2D eigenvalue weighted by Crippen LogP contribution is 2.39. The number of fused-ring (bicyclic) bond motifs is 3. The second-order valence-corrected chi connectivity index (χ2v) is 17.6. The fourth-order valence-electron chi connectivity index (χ4n) is 6.66. The Morgan fingerprint density at radius 1 is 1.12 bits per heavy atom. The van der Waals surface area contributed by atoms with Gasteiger partial charge in [-0.2, -0.15) is 19.0 Å². The average molecular weight is 767 g/mol. The van der Waals surface area contributed by atoms with E-state index in [2.05, 4.69) is 14.9 Å². The lowest BCUT2D eigenvalue weighted by Crippen LogP contribution is -2.58. The van der Waals surface area contributed by atoms with Crippen LogP contribution in [0.1, 0.15) is 85.4 Å².